The largest absolute Gasteiger partial charge is 0.338 e. The number of fused-ring (bicyclic) bond motifs is 3. The Balaban J connectivity index is 1.87. The third-order valence-electron chi connectivity index (χ3n) is 5.20. The molecule has 0 saturated heterocycles. The van der Waals surface area contributed by atoms with Crippen molar-refractivity contribution in [3.63, 3.8) is 0 Å². The van der Waals surface area contributed by atoms with Crippen molar-refractivity contribution < 1.29 is 4.79 Å². The van der Waals surface area contributed by atoms with E-state index in [0.717, 1.165) is 19.5 Å². The predicted octanol–water partition coefficient (Wildman–Crippen LogP) is 4.37. The SMILES string of the molecule is CC1c2c(c3ccccc3n2Cc2ccccc2)CCN1C(=O)CCl. The second-order valence-electron chi connectivity index (χ2n) is 6.60. The van der Waals surface area contributed by atoms with E-state index in [1.165, 1.54) is 27.7 Å². The van der Waals surface area contributed by atoms with Crippen LogP contribution >= 0.6 is 11.6 Å². The van der Waals surface area contributed by atoms with E-state index in [-0.39, 0.29) is 17.8 Å². The van der Waals surface area contributed by atoms with Gasteiger partial charge in [-0.15, -0.1) is 11.6 Å². The number of para-hydroxylation sites is 1. The molecule has 4 rings (SSSR count). The molecule has 1 aliphatic rings. The van der Waals surface area contributed by atoms with E-state index in [0.29, 0.717) is 0 Å². The Labute approximate surface area is 152 Å². The Morgan fingerprint density at radius 1 is 1.12 bits per heavy atom. The molecular weight excluding hydrogens is 332 g/mol. The van der Waals surface area contributed by atoms with Crippen molar-refractivity contribution in [2.24, 2.45) is 0 Å². The monoisotopic (exact) mass is 352 g/mol. The highest BCUT2D eigenvalue weighted by molar-refractivity contribution is 6.27. The van der Waals surface area contributed by atoms with Crippen LogP contribution in [-0.4, -0.2) is 27.8 Å². The second kappa shape index (κ2) is 6.57. The summed E-state index contributed by atoms with van der Waals surface area (Å²) in [5.41, 5.74) is 5.12. The van der Waals surface area contributed by atoms with Crippen LogP contribution < -0.4 is 0 Å². The summed E-state index contributed by atoms with van der Waals surface area (Å²) in [5, 5.41) is 1.30. The van der Waals surface area contributed by atoms with Crippen molar-refractivity contribution in [1.82, 2.24) is 9.47 Å². The molecule has 25 heavy (non-hydrogen) atoms. The minimum Gasteiger partial charge on any atom is -0.338 e. The number of nitrogens with zero attached hydrogens (tertiary/aromatic N) is 2. The van der Waals surface area contributed by atoms with E-state index in [1.807, 2.05) is 11.0 Å². The molecule has 0 spiro atoms. The molecule has 2 heterocycles. The fraction of sp³-hybridized carbons (Fsp3) is 0.286. The fourth-order valence-electron chi connectivity index (χ4n) is 4.06. The predicted molar refractivity (Wildman–Crippen MR) is 102 cm³/mol. The molecule has 0 N–H and O–H groups in total. The zero-order chi connectivity index (χ0) is 17.4. The maximum Gasteiger partial charge on any atom is 0.238 e. The van der Waals surface area contributed by atoms with Crippen molar-refractivity contribution in [3.8, 4) is 0 Å². The van der Waals surface area contributed by atoms with Gasteiger partial charge in [-0.3, -0.25) is 4.79 Å². The van der Waals surface area contributed by atoms with E-state index < -0.39 is 0 Å². The van der Waals surface area contributed by atoms with Gasteiger partial charge in [0.2, 0.25) is 5.91 Å². The lowest BCUT2D eigenvalue weighted by Gasteiger charge is -2.34. The van der Waals surface area contributed by atoms with Gasteiger partial charge in [0.25, 0.3) is 0 Å². The third kappa shape index (κ3) is 2.73. The van der Waals surface area contributed by atoms with E-state index in [4.69, 9.17) is 11.6 Å². The quantitative estimate of drug-likeness (QED) is 0.642. The highest BCUT2D eigenvalue weighted by atomic mass is 35.5. The van der Waals surface area contributed by atoms with Gasteiger partial charge >= 0.3 is 0 Å². The highest BCUT2D eigenvalue weighted by Gasteiger charge is 2.32. The lowest BCUT2D eigenvalue weighted by atomic mass is 9.98. The lowest BCUT2D eigenvalue weighted by Crippen LogP contribution is -2.40. The molecule has 0 bridgehead atoms. The van der Waals surface area contributed by atoms with Crippen molar-refractivity contribution in [3.05, 3.63) is 71.4 Å². The zero-order valence-electron chi connectivity index (χ0n) is 14.3. The molecule has 0 aliphatic carbocycles. The molecule has 0 saturated carbocycles. The Morgan fingerprint density at radius 3 is 2.60 bits per heavy atom. The van der Waals surface area contributed by atoms with Crippen LogP contribution in [0.15, 0.2) is 54.6 Å². The Hall–Kier alpha value is -2.26. The van der Waals surface area contributed by atoms with Gasteiger partial charge in [0.15, 0.2) is 0 Å². The first kappa shape index (κ1) is 16.2. The summed E-state index contributed by atoms with van der Waals surface area (Å²) in [7, 11) is 0. The number of hydrogen-bond acceptors (Lipinski definition) is 1. The summed E-state index contributed by atoms with van der Waals surface area (Å²) >= 11 is 5.83. The number of aromatic nitrogens is 1. The van der Waals surface area contributed by atoms with Gasteiger partial charge in [0.05, 0.1) is 6.04 Å². The van der Waals surface area contributed by atoms with Gasteiger partial charge in [-0.05, 0) is 30.5 Å². The summed E-state index contributed by atoms with van der Waals surface area (Å²) < 4.78 is 2.37. The molecular formula is C21H21ClN2O. The van der Waals surface area contributed by atoms with Crippen LogP contribution in [0.2, 0.25) is 0 Å². The first-order valence-corrected chi connectivity index (χ1v) is 9.23. The van der Waals surface area contributed by atoms with Crippen molar-refractivity contribution in [1.29, 1.82) is 0 Å². The maximum absolute atomic E-state index is 12.3. The van der Waals surface area contributed by atoms with Crippen molar-refractivity contribution >= 4 is 28.4 Å². The number of alkyl halides is 1. The summed E-state index contributed by atoms with van der Waals surface area (Å²) in [4.78, 5) is 14.2. The molecule has 1 amide bonds. The minimum absolute atomic E-state index is 0.0105. The molecule has 1 aliphatic heterocycles. The first-order chi connectivity index (χ1) is 12.2. The molecule has 4 heteroatoms. The van der Waals surface area contributed by atoms with Crippen LogP contribution in [0, 0.1) is 0 Å². The standard InChI is InChI=1S/C21H21ClN2O/c1-15-21-18(11-12-23(15)20(25)13-22)17-9-5-6-10-19(17)24(21)14-16-7-3-2-4-8-16/h2-10,15H,11-14H2,1H3. The molecule has 1 atom stereocenters. The molecule has 2 aromatic carbocycles. The topological polar surface area (TPSA) is 25.2 Å². The lowest BCUT2D eigenvalue weighted by molar-refractivity contribution is -0.131. The molecule has 3 aromatic rings. The number of carbonyl (C=O) groups is 1. The van der Waals surface area contributed by atoms with E-state index in [1.54, 1.807) is 0 Å². The summed E-state index contributed by atoms with van der Waals surface area (Å²) in [6.45, 7) is 3.66. The van der Waals surface area contributed by atoms with Crippen molar-refractivity contribution in [2.75, 3.05) is 12.4 Å². The van der Waals surface area contributed by atoms with Crippen LogP contribution in [0.3, 0.4) is 0 Å². The highest BCUT2D eigenvalue weighted by Crippen LogP contribution is 2.37. The number of carbonyl (C=O) groups excluding carboxylic acids is 1. The molecule has 1 unspecified atom stereocenters. The van der Waals surface area contributed by atoms with Crippen molar-refractivity contribution in [2.45, 2.75) is 25.9 Å². The zero-order valence-corrected chi connectivity index (χ0v) is 15.0. The van der Waals surface area contributed by atoms with Gasteiger partial charge in [0, 0.05) is 29.7 Å². The van der Waals surface area contributed by atoms with E-state index in [2.05, 4.69) is 60.0 Å². The van der Waals surface area contributed by atoms with Gasteiger partial charge in [-0.1, -0.05) is 48.5 Å². The first-order valence-electron chi connectivity index (χ1n) is 8.70. The number of halogens is 1. The van der Waals surface area contributed by atoms with Crippen LogP contribution in [0.5, 0.6) is 0 Å². The Bertz CT molecular complexity index is 916. The van der Waals surface area contributed by atoms with E-state index >= 15 is 0 Å². The van der Waals surface area contributed by atoms with E-state index in [9.17, 15) is 4.79 Å². The maximum atomic E-state index is 12.3. The van der Waals surface area contributed by atoms with Crippen LogP contribution in [-0.2, 0) is 17.8 Å². The number of hydrogen-bond donors (Lipinski definition) is 0. The number of amides is 1. The average Bonchev–Trinajstić information content (AvgIpc) is 2.97. The molecule has 1 aromatic heterocycles. The van der Waals surface area contributed by atoms with Crippen LogP contribution in [0.1, 0.15) is 29.8 Å². The molecule has 3 nitrogen and oxygen atoms in total. The molecule has 0 radical (unpaired) electrons. The fourth-order valence-corrected chi connectivity index (χ4v) is 4.22. The normalized spacial score (nSPS) is 16.9. The third-order valence-corrected chi connectivity index (χ3v) is 5.43. The van der Waals surface area contributed by atoms with Gasteiger partial charge in [-0.2, -0.15) is 0 Å². The van der Waals surface area contributed by atoms with Crippen LogP contribution in [0.25, 0.3) is 10.9 Å². The Morgan fingerprint density at radius 2 is 1.84 bits per heavy atom. The summed E-state index contributed by atoms with van der Waals surface area (Å²) in [5.74, 6) is 0.0508. The number of benzene rings is 2. The minimum atomic E-state index is 0.0105. The Kier molecular flexibility index (Phi) is 4.26. The van der Waals surface area contributed by atoms with Gasteiger partial charge in [-0.25, -0.2) is 0 Å². The smallest absolute Gasteiger partial charge is 0.238 e. The summed E-state index contributed by atoms with van der Waals surface area (Å²) in [6, 6.07) is 19.1. The van der Waals surface area contributed by atoms with Gasteiger partial charge in [0.1, 0.15) is 5.88 Å². The molecule has 128 valence electrons. The average molecular weight is 353 g/mol. The number of rotatable bonds is 3. The second-order valence-corrected chi connectivity index (χ2v) is 6.87. The molecule has 0 fully saturated rings. The summed E-state index contributed by atoms with van der Waals surface area (Å²) in [6.07, 6.45) is 0.880. The van der Waals surface area contributed by atoms with Crippen LogP contribution in [0.4, 0.5) is 0 Å². The van der Waals surface area contributed by atoms with Gasteiger partial charge < -0.3 is 9.47 Å².